The molecular formula is C28H17NO8. The van der Waals surface area contributed by atoms with E-state index in [4.69, 9.17) is 14.6 Å². The van der Waals surface area contributed by atoms with Gasteiger partial charge in [0.15, 0.2) is 0 Å². The lowest BCUT2D eigenvalue weighted by Gasteiger charge is -2.16. The van der Waals surface area contributed by atoms with Crippen LogP contribution in [0.1, 0.15) is 41.4 Å². The predicted molar refractivity (Wildman–Crippen MR) is 131 cm³/mol. The van der Waals surface area contributed by atoms with Crippen LogP contribution in [0, 0.1) is 0 Å². The van der Waals surface area contributed by atoms with Crippen molar-refractivity contribution in [1.29, 1.82) is 0 Å². The zero-order valence-electron chi connectivity index (χ0n) is 19.0. The number of benzene rings is 4. The third-order valence-corrected chi connectivity index (χ3v) is 5.63. The lowest BCUT2D eigenvalue weighted by atomic mass is 10.1. The van der Waals surface area contributed by atoms with E-state index in [0.29, 0.717) is 23.0 Å². The van der Waals surface area contributed by atoms with Gasteiger partial charge >= 0.3 is 11.9 Å². The molecule has 9 nitrogen and oxygen atoms in total. The Morgan fingerprint density at radius 2 is 1.11 bits per heavy atom. The average Bonchev–Trinajstić information content (AvgIpc) is 3.14. The number of carbonyl (C=O) groups excluding carboxylic acids is 2. The third kappa shape index (κ3) is 4.48. The number of hydrogen-bond acceptors (Lipinski definition) is 6. The molecule has 0 aromatic heterocycles. The number of aromatic carboxylic acids is 2. The van der Waals surface area contributed by atoms with E-state index in [1.807, 2.05) is 0 Å². The highest BCUT2D eigenvalue weighted by molar-refractivity contribution is 6.35. The molecule has 0 spiro atoms. The van der Waals surface area contributed by atoms with Crippen LogP contribution in [0.15, 0.2) is 91.0 Å². The van der Waals surface area contributed by atoms with Crippen LogP contribution in [0.25, 0.3) is 0 Å². The molecule has 37 heavy (non-hydrogen) atoms. The van der Waals surface area contributed by atoms with Crippen molar-refractivity contribution in [2.24, 2.45) is 0 Å². The number of para-hydroxylation sites is 1. The van der Waals surface area contributed by atoms with Crippen molar-refractivity contribution in [3.63, 3.8) is 0 Å². The predicted octanol–water partition coefficient (Wildman–Crippen LogP) is 5.47. The van der Waals surface area contributed by atoms with Gasteiger partial charge in [-0.15, -0.1) is 0 Å². The van der Waals surface area contributed by atoms with Crippen LogP contribution in [0.2, 0.25) is 0 Å². The molecular weight excluding hydrogens is 478 g/mol. The van der Waals surface area contributed by atoms with Crippen LogP contribution in [0.4, 0.5) is 5.69 Å². The smallest absolute Gasteiger partial charge is 0.337 e. The summed E-state index contributed by atoms with van der Waals surface area (Å²) in [5.74, 6) is -1.81. The van der Waals surface area contributed by atoms with Crippen LogP contribution >= 0.6 is 0 Å². The first kappa shape index (κ1) is 23.3. The molecule has 0 atom stereocenters. The maximum Gasteiger partial charge on any atom is 0.337 e. The van der Waals surface area contributed by atoms with Crippen LogP contribution in [0.3, 0.4) is 0 Å². The first-order chi connectivity index (χ1) is 17.8. The number of anilines is 1. The van der Waals surface area contributed by atoms with Crippen LogP contribution in [-0.2, 0) is 0 Å². The molecule has 0 fully saturated rings. The normalized spacial score (nSPS) is 12.3. The number of ether oxygens (including phenoxy) is 2. The highest BCUT2D eigenvalue weighted by atomic mass is 16.5. The Morgan fingerprint density at radius 3 is 1.70 bits per heavy atom. The summed E-state index contributed by atoms with van der Waals surface area (Å²) >= 11 is 0. The van der Waals surface area contributed by atoms with Gasteiger partial charge in [-0.2, -0.15) is 0 Å². The van der Waals surface area contributed by atoms with Crippen molar-refractivity contribution in [1.82, 2.24) is 0 Å². The van der Waals surface area contributed by atoms with Gasteiger partial charge in [-0.05, 0) is 78.9 Å². The quantitative estimate of drug-likeness (QED) is 0.323. The topological polar surface area (TPSA) is 130 Å². The van der Waals surface area contributed by atoms with Gasteiger partial charge in [0.05, 0.1) is 27.9 Å². The molecule has 9 heteroatoms. The molecule has 0 radical (unpaired) electrons. The fraction of sp³-hybridized carbons (Fsp3) is 0. The Bertz CT molecular complexity index is 1560. The maximum absolute atomic E-state index is 13.1. The zero-order chi connectivity index (χ0) is 26.1. The van der Waals surface area contributed by atoms with E-state index in [2.05, 4.69) is 0 Å². The second-order valence-corrected chi connectivity index (χ2v) is 7.98. The molecule has 0 unspecified atom stereocenters. The molecule has 2 amide bonds. The van der Waals surface area contributed by atoms with Crippen molar-refractivity contribution in [2.45, 2.75) is 0 Å². The van der Waals surface area contributed by atoms with E-state index in [1.165, 1.54) is 42.5 Å². The minimum atomic E-state index is -1.25. The zero-order valence-corrected chi connectivity index (χ0v) is 19.0. The van der Waals surface area contributed by atoms with E-state index in [9.17, 15) is 24.3 Å². The molecule has 4 aromatic rings. The van der Waals surface area contributed by atoms with Crippen molar-refractivity contribution in [3.05, 3.63) is 113 Å². The molecule has 0 saturated heterocycles. The Balaban J connectivity index is 1.32. The number of rotatable bonds is 7. The Kier molecular flexibility index (Phi) is 5.86. The van der Waals surface area contributed by atoms with E-state index in [-0.39, 0.29) is 27.9 Å². The summed E-state index contributed by atoms with van der Waals surface area (Å²) in [6.45, 7) is 0. The first-order valence-corrected chi connectivity index (χ1v) is 11.0. The van der Waals surface area contributed by atoms with Gasteiger partial charge in [-0.1, -0.05) is 12.1 Å². The standard InChI is InChI=1S/C28H17NO8/c30-25-21-14-13-20(15-23(21)26(31)29(25)24-4-2-1-3-22(24)28(34)35)37-19-11-9-18(10-12-19)36-17-7-5-16(6-8-17)27(32)33/h1-15H,(H,32,33)(H,34,35). The number of imide groups is 1. The van der Waals surface area contributed by atoms with Crippen molar-refractivity contribution in [2.75, 3.05) is 4.90 Å². The van der Waals surface area contributed by atoms with E-state index in [1.54, 1.807) is 48.5 Å². The van der Waals surface area contributed by atoms with Crippen molar-refractivity contribution in [3.8, 4) is 23.0 Å². The summed E-state index contributed by atoms with van der Waals surface area (Å²) in [5.41, 5.74) is 0.243. The number of carboxylic acid groups (broad SMARTS) is 2. The lowest BCUT2D eigenvalue weighted by molar-refractivity contribution is 0.0686. The van der Waals surface area contributed by atoms with E-state index < -0.39 is 23.8 Å². The van der Waals surface area contributed by atoms with Gasteiger partial charge in [0.1, 0.15) is 23.0 Å². The third-order valence-electron chi connectivity index (χ3n) is 5.63. The molecule has 0 aliphatic carbocycles. The Morgan fingerprint density at radius 1 is 0.595 bits per heavy atom. The van der Waals surface area contributed by atoms with Gasteiger partial charge in [-0.3, -0.25) is 9.59 Å². The second kappa shape index (κ2) is 9.31. The summed E-state index contributed by atoms with van der Waals surface area (Å²) in [4.78, 5) is 49.4. The summed E-state index contributed by atoms with van der Waals surface area (Å²) < 4.78 is 11.5. The molecule has 1 aliphatic rings. The van der Waals surface area contributed by atoms with Gasteiger partial charge < -0.3 is 19.7 Å². The largest absolute Gasteiger partial charge is 0.478 e. The number of carbonyl (C=O) groups is 4. The van der Waals surface area contributed by atoms with Gasteiger partial charge in [-0.25, -0.2) is 14.5 Å². The van der Waals surface area contributed by atoms with Crippen molar-refractivity contribution >= 4 is 29.4 Å². The molecule has 1 heterocycles. The number of amides is 2. The average molecular weight is 495 g/mol. The SMILES string of the molecule is O=C(O)c1ccc(Oc2ccc(Oc3ccc4c(c3)C(=O)N(c3ccccc3C(=O)O)C4=O)cc2)cc1. The van der Waals surface area contributed by atoms with Gasteiger partial charge in [0.25, 0.3) is 11.8 Å². The fourth-order valence-electron chi connectivity index (χ4n) is 3.87. The lowest BCUT2D eigenvalue weighted by Crippen LogP contribution is -2.30. The Hall–Kier alpha value is -5.44. The second-order valence-electron chi connectivity index (χ2n) is 7.98. The van der Waals surface area contributed by atoms with Crippen LogP contribution in [0.5, 0.6) is 23.0 Å². The minimum Gasteiger partial charge on any atom is -0.478 e. The highest BCUT2D eigenvalue weighted by Crippen LogP contribution is 2.34. The van der Waals surface area contributed by atoms with E-state index >= 15 is 0 Å². The minimum absolute atomic E-state index is 0.00291. The molecule has 2 N–H and O–H groups in total. The Labute approximate surface area is 209 Å². The summed E-state index contributed by atoms with van der Waals surface area (Å²) in [5, 5.41) is 18.4. The van der Waals surface area contributed by atoms with E-state index in [0.717, 1.165) is 4.90 Å². The monoisotopic (exact) mass is 495 g/mol. The molecule has 0 bridgehead atoms. The molecule has 5 rings (SSSR count). The first-order valence-electron chi connectivity index (χ1n) is 11.0. The highest BCUT2D eigenvalue weighted by Gasteiger charge is 2.38. The fourth-order valence-corrected chi connectivity index (χ4v) is 3.87. The van der Waals surface area contributed by atoms with Crippen molar-refractivity contribution < 1.29 is 38.9 Å². The number of carboxylic acids is 2. The van der Waals surface area contributed by atoms with Crippen LogP contribution < -0.4 is 14.4 Å². The molecule has 0 saturated carbocycles. The summed E-state index contributed by atoms with van der Waals surface area (Å²) in [6.07, 6.45) is 0. The molecule has 1 aliphatic heterocycles. The number of hydrogen-bond donors (Lipinski definition) is 2. The summed E-state index contributed by atoms with van der Waals surface area (Å²) in [6, 6.07) is 22.9. The van der Waals surface area contributed by atoms with Crippen LogP contribution in [-0.4, -0.2) is 34.0 Å². The number of fused-ring (bicyclic) bond motifs is 1. The van der Waals surface area contributed by atoms with Gasteiger partial charge in [0, 0.05) is 0 Å². The molecule has 4 aromatic carbocycles. The molecule has 182 valence electrons. The maximum atomic E-state index is 13.1. The van der Waals surface area contributed by atoms with Gasteiger partial charge in [0.2, 0.25) is 0 Å². The summed E-state index contributed by atoms with van der Waals surface area (Å²) in [7, 11) is 0. The number of nitrogens with zero attached hydrogens (tertiary/aromatic N) is 1.